The van der Waals surface area contributed by atoms with E-state index >= 15 is 0 Å². The van der Waals surface area contributed by atoms with E-state index in [-0.39, 0.29) is 23.5 Å². The van der Waals surface area contributed by atoms with Crippen molar-refractivity contribution in [3.8, 4) is 0 Å². The topological polar surface area (TPSA) is 126 Å². The third kappa shape index (κ3) is 4.38. The average molecular weight is 424 g/mol. The highest BCUT2D eigenvalue weighted by molar-refractivity contribution is 7.10. The minimum atomic E-state index is -0.668. The van der Waals surface area contributed by atoms with Crippen molar-refractivity contribution in [2.24, 2.45) is 5.73 Å². The first-order valence-corrected chi connectivity index (χ1v) is 10.2. The Morgan fingerprint density at radius 1 is 1.27 bits per heavy atom. The molecule has 0 bridgehead atoms. The summed E-state index contributed by atoms with van der Waals surface area (Å²) in [6.07, 6.45) is 2.26. The van der Waals surface area contributed by atoms with E-state index in [1.54, 1.807) is 0 Å². The molecule has 1 saturated heterocycles. The van der Waals surface area contributed by atoms with Crippen molar-refractivity contribution in [2.75, 3.05) is 23.7 Å². The first-order valence-electron chi connectivity index (χ1n) is 9.47. The quantitative estimate of drug-likeness (QED) is 0.556. The maximum Gasteiger partial charge on any atom is 0.271 e. The van der Waals surface area contributed by atoms with Crippen LogP contribution in [0.2, 0.25) is 0 Å². The third-order valence-electron chi connectivity index (χ3n) is 4.72. The molecule has 1 atom stereocenters. The maximum absolute atomic E-state index is 12.6. The lowest BCUT2D eigenvalue weighted by Gasteiger charge is -2.18. The van der Waals surface area contributed by atoms with Gasteiger partial charge in [-0.05, 0) is 43.1 Å². The number of carbonyl (C=O) groups excluding carboxylic acids is 2. The molecular formula is C20H21N7O2S. The van der Waals surface area contributed by atoms with Crippen molar-refractivity contribution in [1.29, 1.82) is 0 Å². The van der Waals surface area contributed by atoms with Gasteiger partial charge in [0.05, 0.1) is 11.9 Å². The largest absolute Gasteiger partial charge is 0.364 e. The number of nitrogens with zero attached hydrogens (tertiary/aromatic N) is 4. The Labute approximate surface area is 177 Å². The fraction of sp³-hybridized carbons (Fsp3) is 0.250. The summed E-state index contributed by atoms with van der Waals surface area (Å²) in [4.78, 5) is 34.8. The summed E-state index contributed by atoms with van der Waals surface area (Å²) in [7, 11) is 0. The SMILES string of the molecule is Cc1cc(Nc2nc(NC3CCN(C(=O)c4ccccc4)C3)cnc2C(N)=O)sn1. The molecule has 0 aliphatic carbocycles. The molecule has 0 spiro atoms. The van der Waals surface area contributed by atoms with Crippen LogP contribution in [0.3, 0.4) is 0 Å². The van der Waals surface area contributed by atoms with Crippen LogP contribution in [0.1, 0.15) is 33.0 Å². The molecule has 1 aromatic carbocycles. The zero-order valence-corrected chi connectivity index (χ0v) is 17.1. The number of likely N-dealkylation sites (tertiary alicyclic amines) is 1. The summed E-state index contributed by atoms with van der Waals surface area (Å²) in [5.74, 6) is 0.116. The second kappa shape index (κ2) is 8.46. The summed E-state index contributed by atoms with van der Waals surface area (Å²) in [5.41, 5.74) is 7.03. The Bertz CT molecular complexity index is 1070. The van der Waals surface area contributed by atoms with E-state index in [0.717, 1.165) is 17.1 Å². The third-order valence-corrected chi connectivity index (χ3v) is 5.52. The number of nitrogens with one attached hydrogen (secondary N) is 2. The van der Waals surface area contributed by atoms with Crippen LogP contribution < -0.4 is 16.4 Å². The molecule has 1 aliphatic rings. The van der Waals surface area contributed by atoms with Gasteiger partial charge in [0.25, 0.3) is 11.8 Å². The monoisotopic (exact) mass is 423 g/mol. The molecule has 3 heterocycles. The highest BCUT2D eigenvalue weighted by Crippen LogP contribution is 2.24. The Kier molecular flexibility index (Phi) is 5.57. The van der Waals surface area contributed by atoms with Crippen LogP contribution in [0.5, 0.6) is 0 Å². The Morgan fingerprint density at radius 2 is 2.07 bits per heavy atom. The van der Waals surface area contributed by atoms with Crippen molar-refractivity contribution in [3.05, 3.63) is 59.5 Å². The van der Waals surface area contributed by atoms with Crippen molar-refractivity contribution < 1.29 is 9.59 Å². The number of amides is 2. The number of anilines is 3. The number of aryl methyl sites for hydroxylation is 1. The number of carbonyl (C=O) groups is 2. The number of hydrogen-bond donors (Lipinski definition) is 3. The summed E-state index contributed by atoms with van der Waals surface area (Å²) < 4.78 is 4.20. The molecule has 0 radical (unpaired) electrons. The highest BCUT2D eigenvalue weighted by Gasteiger charge is 2.27. The summed E-state index contributed by atoms with van der Waals surface area (Å²) in [6.45, 7) is 3.09. The number of primary amides is 1. The first kappa shape index (κ1) is 19.8. The van der Waals surface area contributed by atoms with E-state index in [1.165, 1.54) is 17.7 Å². The van der Waals surface area contributed by atoms with E-state index in [0.29, 0.717) is 24.5 Å². The predicted octanol–water partition coefficient (Wildman–Crippen LogP) is 2.41. The molecule has 0 saturated carbocycles. The van der Waals surface area contributed by atoms with E-state index in [4.69, 9.17) is 5.73 Å². The van der Waals surface area contributed by atoms with Crippen LogP contribution in [-0.2, 0) is 0 Å². The van der Waals surface area contributed by atoms with Crippen LogP contribution in [0, 0.1) is 6.92 Å². The molecule has 1 aliphatic heterocycles. The fourth-order valence-electron chi connectivity index (χ4n) is 3.30. The molecule has 9 nitrogen and oxygen atoms in total. The number of rotatable bonds is 6. The number of hydrogen-bond acceptors (Lipinski definition) is 8. The standard InChI is InChI=1S/C20H21N7O2S/c1-12-9-16(30-26-12)25-19-17(18(21)28)22-10-15(24-19)23-14-7-8-27(11-14)20(29)13-5-3-2-4-6-13/h2-6,9-10,14H,7-8,11H2,1H3,(H2,21,28)(H2,23,24,25). The Balaban J connectivity index is 1.46. The predicted molar refractivity (Wildman–Crippen MR) is 115 cm³/mol. The lowest BCUT2D eigenvalue weighted by Crippen LogP contribution is -2.31. The molecular weight excluding hydrogens is 402 g/mol. The van der Waals surface area contributed by atoms with E-state index in [2.05, 4.69) is 25.0 Å². The van der Waals surface area contributed by atoms with Gasteiger partial charge in [-0.2, -0.15) is 4.37 Å². The Morgan fingerprint density at radius 3 is 2.77 bits per heavy atom. The van der Waals surface area contributed by atoms with Crippen LogP contribution in [0.15, 0.2) is 42.6 Å². The van der Waals surface area contributed by atoms with Gasteiger partial charge in [-0.25, -0.2) is 9.97 Å². The molecule has 1 unspecified atom stereocenters. The second-order valence-electron chi connectivity index (χ2n) is 7.02. The summed E-state index contributed by atoms with van der Waals surface area (Å²) >= 11 is 1.26. The van der Waals surface area contributed by atoms with Crippen molar-refractivity contribution in [2.45, 2.75) is 19.4 Å². The molecule has 4 N–H and O–H groups in total. The summed E-state index contributed by atoms with van der Waals surface area (Å²) in [5, 5.41) is 7.11. The lowest BCUT2D eigenvalue weighted by atomic mass is 10.2. The minimum absolute atomic E-state index is 0.0120. The van der Waals surface area contributed by atoms with Gasteiger partial charge in [0, 0.05) is 24.7 Å². The number of benzene rings is 1. The number of nitrogens with two attached hydrogens (primary N) is 1. The first-order chi connectivity index (χ1) is 14.5. The van der Waals surface area contributed by atoms with Gasteiger partial charge < -0.3 is 21.3 Å². The van der Waals surface area contributed by atoms with Gasteiger partial charge in [-0.15, -0.1) is 0 Å². The smallest absolute Gasteiger partial charge is 0.271 e. The molecule has 30 heavy (non-hydrogen) atoms. The average Bonchev–Trinajstić information content (AvgIpc) is 3.37. The van der Waals surface area contributed by atoms with Gasteiger partial charge in [-0.3, -0.25) is 9.59 Å². The molecule has 4 rings (SSSR count). The second-order valence-corrected chi connectivity index (χ2v) is 7.83. The van der Waals surface area contributed by atoms with Crippen LogP contribution in [-0.4, -0.2) is 50.2 Å². The molecule has 2 aromatic heterocycles. The maximum atomic E-state index is 12.6. The van der Waals surface area contributed by atoms with Crippen molar-refractivity contribution in [3.63, 3.8) is 0 Å². The minimum Gasteiger partial charge on any atom is -0.364 e. The van der Waals surface area contributed by atoms with E-state index in [1.807, 2.05) is 48.2 Å². The summed E-state index contributed by atoms with van der Waals surface area (Å²) in [6, 6.07) is 11.1. The van der Waals surface area contributed by atoms with Crippen LogP contribution >= 0.6 is 11.5 Å². The van der Waals surface area contributed by atoms with Gasteiger partial charge in [-0.1, -0.05) is 18.2 Å². The molecule has 10 heteroatoms. The lowest BCUT2D eigenvalue weighted by molar-refractivity contribution is 0.0791. The molecule has 154 valence electrons. The van der Waals surface area contributed by atoms with E-state index in [9.17, 15) is 9.59 Å². The van der Waals surface area contributed by atoms with Gasteiger partial charge in [0.15, 0.2) is 11.5 Å². The van der Waals surface area contributed by atoms with Crippen LogP contribution in [0.4, 0.5) is 16.6 Å². The van der Waals surface area contributed by atoms with Crippen LogP contribution in [0.25, 0.3) is 0 Å². The van der Waals surface area contributed by atoms with E-state index < -0.39 is 5.91 Å². The number of aromatic nitrogens is 3. The van der Waals surface area contributed by atoms with Crippen molar-refractivity contribution >= 4 is 40.0 Å². The zero-order chi connectivity index (χ0) is 21.1. The molecule has 1 fully saturated rings. The van der Waals surface area contributed by atoms with Gasteiger partial charge >= 0.3 is 0 Å². The zero-order valence-electron chi connectivity index (χ0n) is 16.3. The van der Waals surface area contributed by atoms with Gasteiger partial charge in [0.1, 0.15) is 10.8 Å². The molecule has 2 amide bonds. The highest BCUT2D eigenvalue weighted by atomic mass is 32.1. The molecule has 3 aromatic rings. The Hall–Kier alpha value is -3.53. The van der Waals surface area contributed by atoms with Crippen molar-refractivity contribution in [1.82, 2.24) is 19.2 Å². The fourth-order valence-corrected chi connectivity index (χ4v) is 3.96. The normalized spacial score (nSPS) is 15.8. The van der Waals surface area contributed by atoms with Gasteiger partial charge in [0.2, 0.25) is 0 Å².